The summed E-state index contributed by atoms with van der Waals surface area (Å²) in [7, 11) is 0. The maximum atomic E-state index is 5.48. The fourth-order valence-corrected chi connectivity index (χ4v) is 9.44. The van der Waals surface area contributed by atoms with Crippen LogP contribution in [0.4, 0.5) is 0 Å². The molecule has 0 atom stereocenters. The van der Waals surface area contributed by atoms with Crippen molar-refractivity contribution in [2.45, 2.75) is 5.41 Å². The maximum absolute atomic E-state index is 5.48. The molecule has 0 saturated heterocycles. The van der Waals surface area contributed by atoms with E-state index in [9.17, 15) is 0 Å². The Morgan fingerprint density at radius 1 is 0.446 bits per heavy atom. The van der Waals surface area contributed by atoms with E-state index in [1.54, 1.807) is 0 Å². The summed E-state index contributed by atoms with van der Waals surface area (Å²) in [5.74, 6) is 0.598. The third-order valence-electron chi connectivity index (χ3n) is 11.7. The standard InChI is InChI=1S/C53H35N3/c1-54-52(37-18-6-3-7-19-37)55-51-44-33-30-38(35-28-31-39(32-29-35)56-48-26-14-10-22-42(48)43-23-11-15-27-49(43)56)34-47(44)53(50(51)36-16-4-2-5-17-36)45-24-12-8-20-40(45)41-21-9-13-25-46(41)53/h2-34H,1H2. The zero-order valence-corrected chi connectivity index (χ0v) is 30.6. The van der Waals surface area contributed by atoms with Crippen LogP contribution in [0.25, 0.3) is 61.0 Å². The summed E-state index contributed by atoms with van der Waals surface area (Å²) in [5, 5.41) is 2.52. The summed E-state index contributed by atoms with van der Waals surface area (Å²) in [5.41, 5.74) is 16.7. The molecule has 9 aromatic rings. The van der Waals surface area contributed by atoms with Crippen LogP contribution in [0.5, 0.6) is 0 Å². The van der Waals surface area contributed by atoms with Gasteiger partial charge in [0.2, 0.25) is 0 Å². The number of amidine groups is 1. The predicted molar refractivity (Wildman–Crippen MR) is 234 cm³/mol. The quantitative estimate of drug-likeness (QED) is 0.126. The molecule has 1 heterocycles. The first-order valence-electron chi connectivity index (χ1n) is 19.1. The van der Waals surface area contributed by atoms with Crippen LogP contribution in [0, 0.1) is 0 Å². The van der Waals surface area contributed by atoms with E-state index in [4.69, 9.17) is 4.99 Å². The Labute approximate surface area is 325 Å². The van der Waals surface area contributed by atoms with Gasteiger partial charge in [0.05, 0.1) is 22.1 Å². The van der Waals surface area contributed by atoms with Gasteiger partial charge in [-0.25, -0.2) is 9.98 Å². The maximum Gasteiger partial charge on any atom is 0.159 e. The third-order valence-corrected chi connectivity index (χ3v) is 11.7. The second-order valence-electron chi connectivity index (χ2n) is 14.6. The van der Waals surface area contributed by atoms with Crippen LogP contribution in [0.2, 0.25) is 0 Å². The monoisotopic (exact) mass is 713 g/mol. The fourth-order valence-electron chi connectivity index (χ4n) is 9.44. The lowest BCUT2D eigenvalue weighted by Crippen LogP contribution is -2.26. The van der Waals surface area contributed by atoms with E-state index >= 15 is 0 Å². The number of aromatic nitrogens is 1. The van der Waals surface area contributed by atoms with Crippen LogP contribution >= 0.6 is 0 Å². The molecule has 3 heteroatoms. The molecule has 3 nitrogen and oxygen atoms in total. The van der Waals surface area contributed by atoms with Crippen LogP contribution in [-0.4, -0.2) is 17.1 Å². The van der Waals surface area contributed by atoms with Gasteiger partial charge in [-0.1, -0.05) is 170 Å². The smallest absolute Gasteiger partial charge is 0.159 e. The second kappa shape index (κ2) is 12.6. The van der Waals surface area contributed by atoms with Gasteiger partial charge < -0.3 is 4.57 Å². The van der Waals surface area contributed by atoms with E-state index in [0.717, 1.165) is 44.8 Å². The van der Waals surface area contributed by atoms with E-state index in [1.165, 1.54) is 49.6 Å². The van der Waals surface area contributed by atoms with Crippen LogP contribution in [-0.2, 0) is 5.41 Å². The molecule has 2 aliphatic rings. The molecule has 0 saturated carbocycles. The highest BCUT2D eigenvalue weighted by molar-refractivity contribution is 6.14. The minimum atomic E-state index is -0.620. The first-order chi connectivity index (χ1) is 27.8. The molecule has 0 amide bonds. The molecule has 0 unspecified atom stereocenters. The van der Waals surface area contributed by atoms with Crippen molar-refractivity contribution in [3.05, 3.63) is 234 Å². The van der Waals surface area contributed by atoms with Gasteiger partial charge in [0.25, 0.3) is 0 Å². The zero-order chi connectivity index (χ0) is 37.2. The van der Waals surface area contributed by atoms with Crippen LogP contribution in [0.3, 0.4) is 0 Å². The average molecular weight is 714 g/mol. The Balaban J connectivity index is 1.16. The molecule has 0 fully saturated rings. The SMILES string of the molecule is C=NC(=NC1=C(c2ccccc2)C2(c3cc(-c4ccc(-n5c6ccccc6c6ccccc65)cc4)ccc31)c1ccccc1-c1ccccc12)c1ccccc1. The average Bonchev–Trinajstić information content (AvgIpc) is 3.87. The minimum Gasteiger partial charge on any atom is -0.309 e. The highest BCUT2D eigenvalue weighted by Gasteiger charge is 2.53. The lowest BCUT2D eigenvalue weighted by molar-refractivity contribution is 0.842. The van der Waals surface area contributed by atoms with Crippen LogP contribution < -0.4 is 0 Å². The van der Waals surface area contributed by atoms with Crippen molar-refractivity contribution in [3.63, 3.8) is 0 Å². The first kappa shape index (κ1) is 32.1. The summed E-state index contributed by atoms with van der Waals surface area (Å²) in [6.45, 7) is 4.00. The molecule has 1 spiro atoms. The molecular weight excluding hydrogens is 679 g/mol. The number of hydrogen-bond donors (Lipinski definition) is 0. The van der Waals surface area contributed by atoms with Gasteiger partial charge in [0.1, 0.15) is 0 Å². The molecule has 0 bridgehead atoms. The summed E-state index contributed by atoms with van der Waals surface area (Å²) >= 11 is 0. The molecule has 2 aliphatic carbocycles. The second-order valence-corrected chi connectivity index (χ2v) is 14.6. The lowest BCUT2D eigenvalue weighted by Gasteiger charge is -2.33. The number of fused-ring (bicyclic) bond motifs is 10. The molecule has 0 radical (unpaired) electrons. The Morgan fingerprint density at radius 2 is 0.982 bits per heavy atom. The Morgan fingerprint density at radius 3 is 1.61 bits per heavy atom. The van der Waals surface area contributed by atoms with Gasteiger partial charge in [-0.3, -0.25) is 0 Å². The molecule has 0 aliphatic heterocycles. The summed E-state index contributed by atoms with van der Waals surface area (Å²) in [4.78, 5) is 10.0. The van der Waals surface area contributed by atoms with E-state index in [2.05, 4.69) is 186 Å². The molecular formula is C53H35N3. The molecule has 8 aromatic carbocycles. The van der Waals surface area contributed by atoms with Crippen molar-refractivity contribution in [3.8, 4) is 27.9 Å². The Bertz CT molecular complexity index is 2980. The lowest BCUT2D eigenvalue weighted by atomic mass is 9.67. The van der Waals surface area contributed by atoms with Crippen molar-refractivity contribution in [1.29, 1.82) is 0 Å². The Hall–Kier alpha value is -7.36. The van der Waals surface area contributed by atoms with Gasteiger partial charge in [-0.05, 0) is 81.6 Å². The predicted octanol–water partition coefficient (Wildman–Crippen LogP) is 12.8. The van der Waals surface area contributed by atoms with Crippen molar-refractivity contribution in [2.75, 3.05) is 0 Å². The number of allylic oxidation sites excluding steroid dienone is 1. The van der Waals surface area contributed by atoms with E-state index in [-0.39, 0.29) is 0 Å². The molecule has 56 heavy (non-hydrogen) atoms. The van der Waals surface area contributed by atoms with Gasteiger partial charge in [0, 0.05) is 33.2 Å². The minimum absolute atomic E-state index is 0.598. The number of aliphatic imine (C=N–C) groups is 2. The van der Waals surface area contributed by atoms with E-state index in [1.807, 2.05) is 30.3 Å². The number of rotatable bonds is 5. The Kier molecular flexibility index (Phi) is 7.23. The number of para-hydroxylation sites is 2. The summed E-state index contributed by atoms with van der Waals surface area (Å²) < 4.78 is 2.37. The summed E-state index contributed by atoms with van der Waals surface area (Å²) in [6, 6.07) is 72.1. The molecule has 1 aromatic heterocycles. The molecule has 0 N–H and O–H groups in total. The highest BCUT2D eigenvalue weighted by Crippen LogP contribution is 2.65. The van der Waals surface area contributed by atoms with Gasteiger partial charge in [-0.15, -0.1) is 0 Å². The molecule has 11 rings (SSSR count). The normalized spacial score (nSPS) is 14.0. The van der Waals surface area contributed by atoms with Crippen molar-refractivity contribution in [1.82, 2.24) is 4.57 Å². The number of nitrogens with zero attached hydrogens (tertiary/aromatic N) is 3. The van der Waals surface area contributed by atoms with Gasteiger partial charge >= 0.3 is 0 Å². The van der Waals surface area contributed by atoms with Crippen molar-refractivity contribution >= 4 is 45.6 Å². The van der Waals surface area contributed by atoms with Crippen molar-refractivity contribution in [2.24, 2.45) is 9.98 Å². The van der Waals surface area contributed by atoms with Gasteiger partial charge in [-0.2, -0.15) is 0 Å². The van der Waals surface area contributed by atoms with Crippen molar-refractivity contribution < 1.29 is 0 Å². The first-order valence-corrected chi connectivity index (χ1v) is 19.1. The van der Waals surface area contributed by atoms with Crippen LogP contribution in [0.15, 0.2) is 210 Å². The zero-order valence-electron chi connectivity index (χ0n) is 30.6. The van der Waals surface area contributed by atoms with E-state index in [0.29, 0.717) is 5.84 Å². The largest absolute Gasteiger partial charge is 0.309 e. The number of hydrogen-bond acceptors (Lipinski definition) is 1. The summed E-state index contributed by atoms with van der Waals surface area (Å²) in [6.07, 6.45) is 0. The van der Waals surface area contributed by atoms with Gasteiger partial charge in [0.15, 0.2) is 5.84 Å². The fraction of sp³-hybridized carbons (Fsp3) is 0.0189. The third kappa shape index (κ3) is 4.58. The number of benzene rings is 8. The topological polar surface area (TPSA) is 29.6 Å². The van der Waals surface area contributed by atoms with Crippen LogP contribution in [0.1, 0.15) is 33.4 Å². The molecule has 262 valence electrons. The van der Waals surface area contributed by atoms with E-state index < -0.39 is 5.41 Å². The highest BCUT2D eigenvalue weighted by atomic mass is 15.0.